The largest absolute Gasteiger partial charge is 0.383 e. The lowest BCUT2D eigenvalue weighted by Gasteiger charge is -2.22. The summed E-state index contributed by atoms with van der Waals surface area (Å²) in [4.78, 5) is 16.5. The summed E-state index contributed by atoms with van der Waals surface area (Å²) in [6.45, 7) is 2.06. The topological polar surface area (TPSA) is 110 Å². The van der Waals surface area contributed by atoms with E-state index in [2.05, 4.69) is 41.2 Å². The summed E-state index contributed by atoms with van der Waals surface area (Å²) in [6.07, 6.45) is 11.5. The summed E-state index contributed by atoms with van der Waals surface area (Å²) >= 11 is 0. The van der Waals surface area contributed by atoms with Crippen molar-refractivity contribution < 1.29 is 0 Å². The van der Waals surface area contributed by atoms with Gasteiger partial charge < -0.3 is 16.0 Å². The molecular weight excluding hydrogens is 364 g/mol. The lowest BCUT2D eigenvalue weighted by molar-refractivity contribution is 0.343. The number of nitrogen functional groups attached to an aromatic ring is 1. The van der Waals surface area contributed by atoms with Crippen molar-refractivity contribution in [2.24, 2.45) is 0 Å². The molecule has 0 aromatic carbocycles. The quantitative estimate of drug-likeness (QED) is 0.497. The van der Waals surface area contributed by atoms with E-state index >= 15 is 0 Å². The first-order valence-electron chi connectivity index (χ1n) is 9.75. The first-order chi connectivity index (χ1) is 14.3. The molecule has 4 aromatic rings. The monoisotopic (exact) mass is 386 g/mol. The van der Waals surface area contributed by atoms with Crippen molar-refractivity contribution in [3.05, 3.63) is 55.2 Å². The number of hydrogen-bond acceptors (Lipinski definition) is 6. The molecule has 1 saturated heterocycles. The van der Waals surface area contributed by atoms with Crippen LogP contribution in [0.1, 0.15) is 18.9 Å². The predicted octanol–water partition coefficient (Wildman–Crippen LogP) is 2.90. The van der Waals surface area contributed by atoms with Crippen LogP contribution in [0.5, 0.6) is 0 Å². The highest BCUT2D eigenvalue weighted by Crippen LogP contribution is 2.30. The lowest BCUT2D eigenvalue weighted by atomic mass is 10.1. The first-order valence-corrected chi connectivity index (χ1v) is 9.75. The third-order valence-electron chi connectivity index (χ3n) is 5.31. The van der Waals surface area contributed by atoms with Gasteiger partial charge in [-0.15, -0.1) is 0 Å². The molecule has 0 aliphatic carbocycles. The van der Waals surface area contributed by atoms with E-state index in [1.54, 1.807) is 18.6 Å². The summed E-state index contributed by atoms with van der Waals surface area (Å²) in [5, 5.41) is 7.97. The first kappa shape index (κ1) is 17.6. The second-order valence-corrected chi connectivity index (χ2v) is 7.21. The SMILES string of the molecule is Nc1ncc(-c2cnn(C3CCNCC3)c2)cc1-c1ncc(-c2ccccn2)[nH]1. The molecule has 0 atom stereocenters. The number of pyridine rings is 2. The Morgan fingerprint density at radius 3 is 2.72 bits per heavy atom. The fourth-order valence-electron chi connectivity index (χ4n) is 3.69. The Hall–Kier alpha value is -3.52. The Morgan fingerprint density at radius 1 is 1.00 bits per heavy atom. The number of imidazole rings is 1. The third kappa shape index (κ3) is 3.50. The van der Waals surface area contributed by atoms with Crippen LogP contribution in [0.25, 0.3) is 33.9 Å². The molecular formula is C21H22N8. The molecule has 0 amide bonds. The molecule has 0 bridgehead atoms. The minimum Gasteiger partial charge on any atom is -0.383 e. The van der Waals surface area contributed by atoms with Gasteiger partial charge in [-0.05, 0) is 44.1 Å². The molecule has 0 unspecified atom stereocenters. The Morgan fingerprint density at radius 2 is 1.90 bits per heavy atom. The second-order valence-electron chi connectivity index (χ2n) is 7.21. The molecule has 1 aliphatic heterocycles. The number of hydrogen-bond donors (Lipinski definition) is 3. The van der Waals surface area contributed by atoms with Gasteiger partial charge in [-0.1, -0.05) is 6.07 Å². The van der Waals surface area contributed by atoms with Gasteiger partial charge in [-0.3, -0.25) is 9.67 Å². The smallest absolute Gasteiger partial charge is 0.141 e. The van der Waals surface area contributed by atoms with Crippen molar-refractivity contribution in [1.82, 2.24) is 35.0 Å². The van der Waals surface area contributed by atoms with Gasteiger partial charge >= 0.3 is 0 Å². The predicted molar refractivity (Wildman–Crippen MR) is 112 cm³/mol. The Labute approximate surface area is 168 Å². The van der Waals surface area contributed by atoms with Crippen molar-refractivity contribution in [3.63, 3.8) is 0 Å². The van der Waals surface area contributed by atoms with Crippen LogP contribution in [0, 0.1) is 0 Å². The number of nitrogens with zero attached hydrogens (tertiary/aromatic N) is 5. The van der Waals surface area contributed by atoms with Gasteiger partial charge in [0.1, 0.15) is 11.6 Å². The van der Waals surface area contributed by atoms with Crippen molar-refractivity contribution in [1.29, 1.82) is 0 Å². The van der Waals surface area contributed by atoms with Crippen LogP contribution < -0.4 is 11.1 Å². The molecule has 5 rings (SSSR count). The van der Waals surface area contributed by atoms with E-state index in [0.717, 1.165) is 54.0 Å². The van der Waals surface area contributed by atoms with Gasteiger partial charge in [0.05, 0.1) is 35.4 Å². The van der Waals surface area contributed by atoms with Gasteiger partial charge in [0, 0.05) is 29.7 Å². The molecule has 8 heteroatoms. The highest BCUT2D eigenvalue weighted by molar-refractivity contribution is 5.76. The number of nitrogens with one attached hydrogen (secondary N) is 2. The lowest BCUT2D eigenvalue weighted by Crippen LogP contribution is -2.29. The zero-order valence-corrected chi connectivity index (χ0v) is 15.9. The van der Waals surface area contributed by atoms with Crippen LogP contribution in [0.15, 0.2) is 55.2 Å². The van der Waals surface area contributed by atoms with E-state index in [0.29, 0.717) is 17.7 Å². The minimum absolute atomic E-state index is 0.432. The Balaban J connectivity index is 1.45. The molecule has 5 heterocycles. The standard InChI is InChI=1S/C21H22N8/c22-20-17(21-26-12-19(28-21)18-3-1-2-6-24-18)9-14(10-25-20)15-11-27-29(13-15)16-4-7-23-8-5-16/h1-3,6,9-13,16,23H,4-5,7-8H2,(H2,22,25)(H,26,28). The van der Waals surface area contributed by atoms with Crippen molar-refractivity contribution in [2.75, 3.05) is 18.8 Å². The van der Waals surface area contributed by atoms with Crippen molar-refractivity contribution in [3.8, 4) is 33.9 Å². The van der Waals surface area contributed by atoms with E-state index in [1.807, 2.05) is 30.5 Å². The van der Waals surface area contributed by atoms with Crippen LogP contribution in [0.3, 0.4) is 0 Å². The average Bonchev–Trinajstić information content (AvgIpc) is 3.46. The zero-order valence-electron chi connectivity index (χ0n) is 15.9. The van der Waals surface area contributed by atoms with E-state index in [-0.39, 0.29) is 0 Å². The van der Waals surface area contributed by atoms with Gasteiger partial charge in [0.2, 0.25) is 0 Å². The average molecular weight is 386 g/mol. The van der Waals surface area contributed by atoms with Crippen molar-refractivity contribution >= 4 is 5.82 Å². The third-order valence-corrected chi connectivity index (χ3v) is 5.31. The molecule has 0 saturated carbocycles. The molecule has 8 nitrogen and oxygen atoms in total. The molecule has 1 fully saturated rings. The fraction of sp³-hybridized carbons (Fsp3) is 0.238. The van der Waals surface area contributed by atoms with E-state index in [9.17, 15) is 0 Å². The fourth-order valence-corrected chi connectivity index (χ4v) is 3.69. The van der Waals surface area contributed by atoms with E-state index in [1.165, 1.54) is 0 Å². The van der Waals surface area contributed by atoms with E-state index in [4.69, 9.17) is 5.73 Å². The maximum Gasteiger partial charge on any atom is 0.141 e. The van der Waals surface area contributed by atoms with Crippen LogP contribution in [-0.2, 0) is 0 Å². The molecule has 0 spiro atoms. The number of piperidine rings is 1. The molecule has 4 N–H and O–H groups in total. The Bertz CT molecular complexity index is 1110. The highest BCUT2D eigenvalue weighted by atomic mass is 15.3. The maximum atomic E-state index is 6.16. The Kier molecular flexibility index (Phi) is 4.53. The second kappa shape index (κ2) is 7.48. The van der Waals surface area contributed by atoms with Gasteiger partial charge in [0.15, 0.2) is 0 Å². The minimum atomic E-state index is 0.432. The molecule has 0 radical (unpaired) electrons. The number of rotatable bonds is 4. The number of aromatic nitrogens is 6. The molecule has 1 aliphatic rings. The zero-order chi connectivity index (χ0) is 19.6. The van der Waals surface area contributed by atoms with E-state index < -0.39 is 0 Å². The number of anilines is 1. The number of H-pyrrole nitrogens is 1. The summed E-state index contributed by atoms with van der Waals surface area (Å²) < 4.78 is 2.07. The summed E-state index contributed by atoms with van der Waals surface area (Å²) in [6, 6.07) is 8.21. The number of aromatic amines is 1. The van der Waals surface area contributed by atoms with Crippen LogP contribution in [-0.4, -0.2) is 42.8 Å². The number of nitrogens with two attached hydrogens (primary N) is 1. The summed E-state index contributed by atoms with van der Waals surface area (Å²) in [5.41, 5.74) is 10.6. The normalized spacial score (nSPS) is 14.9. The van der Waals surface area contributed by atoms with Crippen molar-refractivity contribution in [2.45, 2.75) is 18.9 Å². The van der Waals surface area contributed by atoms with Gasteiger partial charge in [0.25, 0.3) is 0 Å². The molecule has 146 valence electrons. The summed E-state index contributed by atoms with van der Waals surface area (Å²) in [5.74, 6) is 1.10. The van der Waals surface area contributed by atoms with Crippen LogP contribution in [0.4, 0.5) is 5.82 Å². The van der Waals surface area contributed by atoms with Gasteiger partial charge in [-0.2, -0.15) is 5.10 Å². The van der Waals surface area contributed by atoms with Crippen LogP contribution >= 0.6 is 0 Å². The molecule has 4 aromatic heterocycles. The van der Waals surface area contributed by atoms with Crippen LogP contribution in [0.2, 0.25) is 0 Å². The molecule has 29 heavy (non-hydrogen) atoms. The highest BCUT2D eigenvalue weighted by Gasteiger charge is 2.17. The summed E-state index contributed by atoms with van der Waals surface area (Å²) in [7, 11) is 0. The maximum absolute atomic E-state index is 6.16. The van der Waals surface area contributed by atoms with Gasteiger partial charge in [-0.25, -0.2) is 9.97 Å².